The third-order valence-corrected chi connectivity index (χ3v) is 10.2. The smallest absolute Gasteiger partial charge is 0.263 e. The van der Waals surface area contributed by atoms with Crippen molar-refractivity contribution in [1.82, 2.24) is 9.55 Å². The summed E-state index contributed by atoms with van der Waals surface area (Å²) in [6, 6.07) is 48.3. The number of aromatic nitrogens is 2. The normalized spacial score (nSPS) is 13.5. The SMILES string of the molecule is COc1ccc(-c2c(-c3ccccc3Cl)nc(-c3ccccc3Cl)n2C2(c3ccccc3Cl)N=C(c3ccccc3)C(c3ccccc3)=N2)cc1CO. The van der Waals surface area contributed by atoms with Gasteiger partial charge in [0.2, 0.25) is 0 Å². The molecule has 0 radical (unpaired) electrons. The molecule has 1 aliphatic heterocycles. The highest BCUT2D eigenvalue weighted by molar-refractivity contribution is 6.54. The van der Waals surface area contributed by atoms with Gasteiger partial charge in [0.1, 0.15) is 11.6 Å². The van der Waals surface area contributed by atoms with Crippen molar-refractivity contribution in [2.45, 2.75) is 12.4 Å². The van der Waals surface area contributed by atoms with Gasteiger partial charge in [-0.3, -0.25) is 4.57 Å². The van der Waals surface area contributed by atoms with E-state index in [1.807, 2.05) is 156 Å². The molecular formula is C44H31Cl3N4O2. The molecule has 6 nitrogen and oxygen atoms in total. The van der Waals surface area contributed by atoms with E-state index >= 15 is 0 Å². The van der Waals surface area contributed by atoms with Crippen molar-refractivity contribution in [2.24, 2.45) is 9.98 Å². The molecule has 2 heterocycles. The quantitative estimate of drug-likeness (QED) is 0.160. The zero-order valence-electron chi connectivity index (χ0n) is 28.4. The topological polar surface area (TPSA) is 72.0 Å². The zero-order valence-corrected chi connectivity index (χ0v) is 30.7. The number of aliphatic hydroxyl groups excluding tert-OH is 1. The number of hydrogen-bond donors (Lipinski definition) is 1. The minimum atomic E-state index is -1.57. The summed E-state index contributed by atoms with van der Waals surface area (Å²) in [7, 11) is 1.58. The van der Waals surface area contributed by atoms with Gasteiger partial charge in [0.05, 0.1) is 51.6 Å². The molecule has 1 aliphatic rings. The van der Waals surface area contributed by atoms with Gasteiger partial charge in [0, 0.05) is 38.9 Å². The number of imidazole rings is 1. The molecule has 7 aromatic rings. The highest BCUT2D eigenvalue weighted by Crippen LogP contribution is 2.49. The lowest BCUT2D eigenvalue weighted by Crippen LogP contribution is -2.31. The largest absolute Gasteiger partial charge is 0.496 e. The van der Waals surface area contributed by atoms with Crippen molar-refractivity contribution < 1.29 is 9.84 Å². The van der Waals surface area contributed by atoms with Crippen LogP contribution in [0.2, 0.25) is 15.1 Å². The molecule has 260 valence electrons. The lowest BCUT2D eigenvalue weighted by molar-refractivity contribution is 0.274. The van der Waals surface area contributed by atoms with Crippen LogP contribution in [-0.4, -0.2) is 33.2 Å². The standard InChI is InChI=1S/C44H31Cl3N4O2/c1-53-38-25-24-30(26-31(38)27-52)42-41(32-18-8-11-21-35(32)45)48-43(33-19-9-12-22-36(33)46)51(42)44(34-20-10-13-23-37(34)47)49-39(28-14-4-2-5-15-28)40(50-44)29-16-6-3-7-17-29/h2-26,52H,27H2,1H3. The summed E-state index contributed by atoms with van der Waals surface area (Å²) >= 11 is 21.3. The number of methoxy groups -OCH3 is 1. The Morgan fingerprint density at radius 2 is 1.13 bits per heavy atom. The average Bonchev–Trinajstić information content (AvgIpc) is 3.80. The Kier molecular flexibility index (Phi) is 9.46. The first-order valence-corrected chi connectivity index (χ1v) is 18.0. The second-order valence-electron chi connectivity index (χ2n) is 12.4. The van der Waals surface area contributed by atoms with Crippen LogP contribution in [0, 0.1) is 0 Å². The van der Waals surface area contributed by atoms with Gasteiger partial charge in [-0.2, -0.15) is 0 Å². The van der Waals surface area contributed by atoms with Crippen molar-refractivity contribution in [3.05, 3.63) is 189 Å². The fraction of sp³-hybridized carbons (Fsp3) is 0.0682. The van der Waals surface area contributed by atoms with Crippen LogP contribution in [0.4, 0.5) is 0 Å². The molecule has 0 bridgehead atoms. The van der Waals surface area contributed by atoms with Crippen LogP contribution in [0.15, 0.2) is 162 Å². The number of aliphatic imine (C=N–C) groups is 2. The summed E-state index contributed by atoms with van der Waals surface area (Å²) < 4.78 is 7.64. The Bertz CT molecular complexity index is 2470. The summed E-state index contributed by atoms with van der Waals surface area (Å²) in [5.74, 6) is -0.538. The van der Waals surface area contributed by atoms with Crippen LogP contribution in [0.25, 0.3) is 33.9 Å². The highest BCUT2D eigenvalue weighted by atomic mass is 35.5. The molecule has 0 atom stereocenters. The van der Waals surface area contributed by atoms with Crippen LogP contribution < -0.4 is 4.74 Å². The molecule has 1 N–H and O–H groups in total. The minimum absolute atomic E-state index is 0.258. The summed E-state index contributed by atoms with van der Waals surface area (Å²) in [6.45, 7) is -0.258. The number of nitrogens with zero attached hydrogens (tertiary/aromatic N) is 4. The van der Waals surface area contributed by atoms with Gasteiger partial charge in [-0.1, -0.05) is 144 Å². The molecule has 0 saturated heterocycles. The lowest BCUT2D eigenvalue weighted by Gasteiger charge is -2.30. The van der Waals surface area contributed by atoms with Crippen molar-refractivity contribution in [3.63, 3.8) is 0 Å². The molecule has 0 aliphatic carbocycles. The average molecular weight is 754 g/mol. The Balaban J connectivity index is 1.61. The van der Waals surface area contributed by atoms with Gasteiger partial charge in [-0.25, -0.2) is 15.0 Å². The van der Waals surface area contributed by atoms with Crippen LogP contribution in [0.1, 0.15) is 22.3 Å². The van der Waals surface area contributed by atoms with Crippen molar-refractivity contribution >= 4 is 46.2 Å². The number of rotatable bonds is 9. The van der Waals surface area contributed by atoms with E-state index in [-0.39, 0.29) is 6.61 Å². The second kappa shape index (κ2) is 14.5. The van der Waals surface area contributed by atoms with Crippen LogP contribution in [0.3, 0.4) is 0 Å². The first-order chi connectivity index (χ1) is 25.9. The van der Waals surface area contributed by atoms with Gasteiger partial charge in [-0.05, 0) is 42.5 Å². The van der Waals surface area contributed by atoms with Crippen molar-refractivity contribution in [3.8, 4) is 39.7 Å². The Morgan fingerprint density at radius 1 is 0.604 bits per heavy atom. The molecule has 8 rings (SSSR count). The van der Waals surface area contributed by atoms with E-state index < -0.39 is 5.79 Å². The maximum absolute atomic E-state index is 10.5. The van der Waals surface area contributed by atoms with E-state index in [2.05, 4.69) is 0 Å². The Hall–Kier alpha value is -5.50. The van der Waals surface area contributed by atoms with Gasteiger partial charge >= 0.3 is 0 Å². The van der Waals surface area contributed by atoms with Crippen molar-refractivity contribution in [2.75, 3.05) is 7.11 Å². The minimum Gasteiger partial charge on any atom is -0.496 e. The maximum atomic E-state index is 10.5. The second-order valence-corrected chi connectivity index (χ2v) is 13.6. The molecule has 53 heavy (non-hydrogen) atoms. The summed E-state index contributed by atoms with van der Waals surface area (Å²) in [4.78, 5) is 16.7. The molecule has 0 amide bonds. The van der Waals surface area contributed by atoms with E-state index in [0.29, 0.717) is 77.3 Å². The first kappa shape index (κ1) is 34.6. The number of aliphatic hydroxyl groups is 1. The predicted octanol–water partition coefficient (Wildman–Crippen LogP) is 11.0. The molecule has 0 unspecified atom stereocenters. The highest BCUT2D eigenvalue weighted by Gasteiger charge is 2.46. The molecule has 0 saturated carbocycles. The van der Waals surface area contributed by atoms with Gasteiger partial charge in [0.25, 0.3) is 5.79 Å². The number of ether oxygens (including phenoxy) is 1. The monoisotopic (exact) mass is 752 g/mol. The van der Waals surface area contributed by atoms with E-state index in [0.717, 1.165) is 11.1 Å². The van der Waals surface area contributed by atoms with Crippen molar-refractivity contribution in [1.29, 1.82) is 0 Å². The lowest BCUT2D eigenvalue weighted by atomic mass is 10.00. The van der Waals surface area contributed by atoms with Gasteiger partial charge in [-0.15, -0.1) is 0 Å². The zero-order chi connectivity index (χ0) is 36.5. The van der Waals surface area contributed by atoms with Crippen LogP contribution >= 0.6 is 34.8 Å². The third-order valence-electron chi connectivity index (χ3n) is 9.25. The maximum Gasteiger partial charge on any atom is 0.263 e. The van der Waals surface area contributed by atoms with Crippen LogP contribution in [-0.2, 0) is 12.4 Å². The molecular weight excluding hydrogens is 723 g/mol. The molecule has 0 fully saturated rings. The number of halogens is 3. The Morgan fingerprint density at radius 3 is 1.68 bits per heavy atom. The number of hydrogen-bond acceptors (Lipinski definition) is 5. The third kappa shape index (κ3) is 6.14. The fourth-order valence-electron chi connectivity index (χ4n) is 6.82. The van der Waals surface area contributed by atoms with Gasteiger partial charge < -0.3 is 9.84 Å². The van der Waals surface area contributed by atoms with E-state index in [1.165, 1.54) is 0 Å². The summed E-state index contributed by atoms with van der Waals surface area (Å²) in [5, 5.41) is 12.0. The van der Waals surface area contributed by atoms with E-state index in [4.69, 9.17) is 54.5 Å². The summed E-state index contributed by atoms with van der Waals surface area (Å²) in [5.41, 5.74) is 7.54. The first-order valence-electron chi connectivity index (χ1n) is 16.9. The fourth-order valence-corrected chi connectivity index (χ4v) is 7.52. The molecule has 9 heteroatoms. The molecule has 6 aromatic carbocycles. The Labute approximate surface area is 322 Å². The summed E-state index contributed by atoms with van der Waals surface area (Å²) in [6.07, 6.45) is 0. The van der Waals surface area contributed by atoms with Gasteiger partial charge in [0.15, 0.2) is 0 Å². The molecule has 0 spiro atoms. The van der Waals surface area contributed by atoms with Crippen LogP contribution in [0.5, 0.6) is 5.75 Å². The predicted molar refractivity (Wildman–Crippen MR) is 216 cm³/mol. The van der Waals surface area contributed by atoms with E-state index in [9.17, 15) is 5.11 Å². The van der Waals surface area contributed by atoms with E-state index in [1.54, 1.807) is 7.11 Å². The molecule has 1 aromatic heterocycles. The number of benzene rings is 6.